The number of likely N-dealkylation sites (tertiary alicyclic amines) is 1. The van der Waals surface area contributed by atoms with Gasteiger partial charge in [-0.25, -0.2) is 4.79 Å². The molecule has 1 fully saturated rings. The van der Waals surface area contributed by atoms with Crippen LogP contribution >= 0.6 is 0 Å². The second-order valence-electron chi connectivity index (χ2n) is 7.37. The number of amides is 1. The van der Waals surface area contributed by atoms with Crippen LogP contribution in [0.2, 0.25) is 0 Å². The molecule has 6 nitrogen and oxygen atoms in total. The van der Waals surface area contributed by atoms with Gasteiger partial charge in [-0.05, 0) is 57.7 Å². The number of hydrogen-bond donors (Lipinski definition) is 1. The number of phenols is 1. The largest absolute Gasteiger partial charge is 0.508 e. The molecule has 1 heterocycles. The molecule has 6 heteroatoms. The van der Waals surface area contributed by atoms with E-state index in [-0.39, 0.29) is 23.6 Å². The van der Waals surface area contributed by atoms with Crippen molar-refractivity contribution < 1.29 is 24.2 Å². The van der Waals surface area contributed by atoms with Crippen molar-refractivity contribution in [1.29, 1.82) is 0 Å². The zero-order chi connectivity index (χ0) is 18.6. The Labute approximate surface area is 148 Å². The van der Waals surface area contributed by atoms with Crippen LogP contribution in [0.25, 0.3) is 0 Å². The Bertz CT molecular complexity index is 605. The number of aromatic hydroxyl groups is 1. The van der Waals surface area contributed by atoms with Crippen LogP contribution < -0.4 is 0 Å². The van der Waals surface area contributed by atoms with E-state index in [1.165, 1.54) is 0 Å². The van der Waals surface area contributed by atoms with E-state index in [1.54, 1.807) is 24.0 Å². The van der Waals surface area contributed by atoms with E-state index in [1.807, 2.05) is 32.9 Å². The van der Waals surface area contributed by atoms with E-state index in [0.717, 1.165) is 5.56 Å². The van der Waals surface area contributed by atoms with Crippen molar-refractivity contribution in [3.8, 4) is 5.75 Å². The average Bonchev–Trinajstić information content (AvgIpc) is 2.92. The monoisotopic (exact) mass is 349 g/mol. The lowest BCUT2D eigenvalue weighted by Gasteiger charge is -2.24. The summed E-state index contributed by atoms with van der Waals surface area (Å²) in [6.45, 7) is 8.28. The van der Waals surface area contributed by atoms with E-state index >= 15 is 0 Å². The van der Waals surface area contributed by atoms with Crippen molar-refractivity contribution >= 4 is 12.1 Å². The highest BCUT2D eigenvalue weighted by Gasteiger charge is 2.41. The summed E-state index contributed by atoms with van der Waals surface area (Å²) in [7, 11) is 0. The first-order valence-electron chi connectivity index (χ1n) is 8.62. The average molecular weight is 349 g/mol. The minimum Gasteiger partial charge on any atom is -0.508 e. The molecular formula is C19H27NO5. The summed E-state index contributed by atoms with van der Waals surface area (Å²) in [6.07, 6.45) is 0.221. The molecule has 1 aromatic rings. The predicted molar refractivity (Wildman–Crippen MR) is 93.2 cm³/mol. The Hall–Kier alpha value is -2.24. The lowest BCUT2D eigenvalue weighted by molar-refractivity contribution is -0.148. The Morgan fingerprint density at radius 2 is 1.84 bits per heavy atom. The molecule has 1 aliphatic rings. The van der Waals surface area contributed by atoms with Gasteiger partial charge in [-0.1, -0.05) is 12.1 Å². The van der Waals surface area contributed by atoms with Gasteiger partial charge in [0.25, 0.3) is 0 Å². The van der Waals surface area contributed by atoms with Crippen molar-refractivity contribution in [2.75, 3.05) is 19.7 Å². The molecule has 2 atom stereocenters. The third kappa shape index (κ3) is 5.37. The number of hydrogen-bond acceptors (Lipinski definition) is 5. The number of nitrogens with zero attached hydrogens (tertiary/aromatic N) is 1. The fourth-order valence-corrected chi connectivity index (χ4v) is 3.00. The molecule has 0 spiro atoms. The molecule has 0 aliphatic carbocycles. The third-order valence-electron chi connectivity index (χ3n) is 4.12. The second kappa shape index (κ2) is 7.76. The Morgan fingerprint density at radius 1 is 1.20 bits per heavy atom. The van der Waals surface area contributed by atoms with E-state index in [4.69, 9.17) is 9.47 Å². The van der Waals surface area contributed by atoms with Crippen molar-refractivity contribution in [3.05, 3.63) is 29.8 Å². The SMILES string of the molecule is CCOC(=O)[C@H]1CN(C(=O)OC(C)(C)C)C[C@H]1Cc1ccc(O)cc1. The first kappa shape index (κ1) is 19.1. The number of ether oxygens (including phenoxy) is 2. The van der Waals surface area contributed by atoms with Gasteiger partial charge in [-0.2, -0.15) is 0 Å². The molecule has 0 radical (unpaired) electrons. The topological polar surface area (TPSA) is 76.1 Å². The highest BCUT2D eigenvalue weighted by Crippen LogP contribution is 2.29. The number of rotatable bonds is 4. The molecule has 1 aromatic carbocycles. The number of esters is 1. The Kier molecular flexibility index (Phi) is 5.93. The Morgan fingerprint density at radius 3 is 2.40 bits per heavy atom. The zero-order valence-electron chi connectivity index (χ0n) is 15.3. The maximum Gasteiger partial charge on any atom is 0.410 e. The van der Waals surface area contributed by atoms with E-state index in [9.17, 15) is 14.7 Å². The summed E-state index contributed by atoms with van der Waals surface area (Å²) < 4.78 is 10.6. The minimum atomic E-state index is -0.578. The van der Waals surface area contributed by atoms with Gasteiger partial charge in [0.1, 0.15) is 11.4 Å². The van der Waals surface area contributed by atoms with Crippen LogP contribution in [-0.2, 0) is 20.7 Å². The van der Waals surface area contributed by atoms with Gasteiger partial charge >= 0.3 is 12.1 Å². The number of carbonyl (C=O) groups is 2. The maximum atomic E-state index is 12.3. The minimum absolute atomic E-state index is 0.0453. The summed E-state index contributed by atoms with van der Waals surface area (Å²) in [6, 6.07) is 6.89. The first-order chi connectivity index (χ1) is 11.7. The van der Waals surface area contributed by atoms with Gasteiger partial charge < -0.3 is 19.5 Å². The summed E-state index contributed by atoms with van der Waals surface area (Å²) in [5.41, 5.74) is 0.425. The fraction of sp³-hybridized carbons (Fsp3) is 0.579. The second-order valence-corrected chi connectivity index (χ2v) is 7.37. The molecule has 0 unspecified atom stereocenters. The van der Waals surface area contributed by atoms with Crippen LogP contribution in [0.4, 0.5) is 4.79 Å². The van der Waals surface area contributed by atoms with Gasteiger partial charge in [-0.3, -0.25) is 4.79 Å². The molecular weight excluding hydrogens is 322 g/mol. The maximum absolute atomic E-state index is 12.3. The van der Waals surface area contributed by atoms with Gasteiger partial charge in [0.2, 0.25) is 0 Å². The van der Waals surface area contributed by atoms with E-state index in [0.29, 0.717) is 26.1 Å². The van der Waals surface area contributed by atoms with Crippen molar-refractivity contribution in [1.82, 2.24) is 4.90 Å². The highest BCUT2D eigenvalue weighted by atomic mass is 16.6. The smallest absolute Gasteiger partial charge is 0.410 e. The zero-order valence-corrected chi connectivity index (χ0v) is 15.3. The molecule has 25 heavy (non-hydrogen) atoms. The highest BCUT2D eigenvalue weighted by molar-refractivity contribution is 5.76. The number of carbonyl (C=O) groups excluding carboxylic acids is 2. The van der Waals surface area contributed by atoms with Crippen LogP contribution in [0.15, 0.2) is 24.3 Å². The Balaban J connectivity index is 2.12. The van der Waals surface area contributed by atoms with Crippen LogP contribution in [0.1, 0.15) is 33.3 Å². The van der Waals surface area contributed by atoms with Crippen LogP contribution in [0, 0.1) is 11.8 Å². The van der Waals surface area contributed by atoms with Gasteiger partial charge in [0.05, 0.1) is 12.5 Å². The molecule has 0 saturated carbocycles. The third-order valence-corrected chi connectivity index (χ3v) is 4.12. The molecule has 2 rings (SSSR count). The van der Waals surface area contributed by atoms with Crippen molar-refractivity contribution in [3.63, 3.8) is 0 Å². The molecule has 0 bridgehead atoms. The standard InChI is InChI=1S/C19H27NO5/c1-5-24-17(22)16-12-20(18(23)25-19(2,3)4)11-14(16)10-13-6-8-15(21)9-7-13/h6-9,14,16,21H,5,10-12H2,1-4H3/t14-,16+/m1/s1. The molecule has 0 aromatic heterocycles. The van der Waals surface area contributed by atoms with Gasteiger partial charge in [-0.15, -0.1) is 0 Å². The quantitative estimate of drug-likeness (QED) is 0.846. The number of benzene rings is 1. The molecule has 1 amide bonds. The summed E-state index contributed by atoms with van der Waals surface area (Å²) >= 11 is 0. The molecule has 1 saturated heterocycles. The molecule has 138 valence electrons. The number of phenolic OH excluding ortho intramolecular Hbond substituents is 1. The van der Waals surface area contributed by atoms with Crippen molar-refractivity contribution in [2.45, 2.75) is 39.7 Å². The van der Waals surface area contributed by atoms with Crippen LogP contribution in [0.3, 0.4) is 0 Å². The van der Waals surface area contributed by atoms with Gasteiger partial charge in [0, 0.05) is 13.1 Å². The lowest BCUT2D eigenvalue weighted by Crippen LogP contribution is -2.36. The summed E-state index contributed by atoms with van der Waals surface area (Å²) in [5, 5.41) is 9.41. The first-order valence-corrected chi connectivity index (χ1v) is 8.62. The van der Waals surface area contributed by atoms with E-state index < -0.39 is 11.7 Å². The fourth-order valence-electron chi connectivity index (χ4n) is 3.00. The lowest BCUT2D eigenvalue weighted by atomic mass is 9.90. The molecule has 1 N–H and O–H groups in total. The summed E-state index contributed by atoms with van der Waals surface area (Å²) in [4.78, 5) is 26.2. The predicted octanol–water partition coefficient (Wildman–Crippen LogP) is 2.98. The van der Waals surface area contributed by atoms with Crippen LogP contribution in [-0.4, -0.2) is 47.4 Å². The van der Waals surface area contributed by atoms with Crippen molar-refractivity contribution in [2.24, 2.45) is 11.8 Å². The van der Waals surface area contributed by atoms with Crippen LogP contribution in [0.5, 0.6) is 5.75 Å². The van der Waals surface area contributed by atoms with E-state index in [2.05, 4.69) is 0 Å². The normalized spacial score (nSPS) is 20.4. The summed E-state index contributed by atoms with van der Waals surface area (Å²) in [5.74, 6) is -0.498. The van der Waals surface area contributed by atoms with Gasteiger partial charge in [0.15, 0.2) is 0 Å². The molecule has 1 aliphatic heterocycles.